The zero-order valence-electron chi connectivity index (χ0n) is 15.8. The lowest BCUT2D eigenvalue weighted by Crippen LogP contribution is -2.40. The zero-order chi connectivity index (χ0) is 20.2. The van der Waals surface area contributed by atoms with E-state index in [1.807, 2.05) is 12.1 Å². The van der Waals surface area contributed by atoms with Crippen molar-refractivity contribution < 1.29 is 9.50 Å². The van der Waals surface area contributed by atoms with Crippen molar-refractivity contribution >= 4 is 27.6 Å². The van der Waals surface area contributed by atoms with Gasteiger partial charge in [0.25, 0.3) is 0 Å². The predicted molar refractivity (Wildman–Crippen MR) is 118 cm³/mol. The van der Waals surface area contributed by atoms with E-state index in [0.717, 1.165) is 29.7 Å². The van der Waals surface area contributed by atoms with E-state index >= 15 is 0 Å². The normalized spacial score (nSPS) is 13.9. The molecule has 1 aliphatic heterocycles. The number of phenolic OH excluding ortho intramolecular Hbond substituents is 1. The average Bonchev–Trinajstić information content (AvgIpc) is 2.73. The number of anilines is 1. The molecule has 29 heavy (non-hydrogen) atoms. The third-order valence-corrected chi connectivity index (χ3v) is 5.43. The minimum absolute atomic E-state index is 0.177. The number of halogens is 2. The molecule has 0 bridgehead atoms. The highest BCUT2D eigenvalue weighted by atomic mass is 79.9. The molecule has 1 aliphatic rings. The van der Waals surface area contributed by atoms with Crippen molar-refractivity contribution in [1.29, 1.82) is 0 Å². The number of benzene rings is 3. The van der Waals surface area contributed by atoms with Gasteiger partial charge in [0, 0.05) is 34.9 Å². The van der Waals surface area contributed by atoms with Crippen LogP contribution in [0.15, 0.2) is 76.2 Å². The van der Waals surface area contributed by atoms with E-state index in [4.69, 9.17) is 4.99 Å². The van der Waals surface area contributed by atoms with Crippen LogP contribution in [0.3, 0.4) is 0 Å². The smallest absolute Gasteiger partial charge is 0.199 e. The number of hydrogen-bond acceptors (Lipinski definition) is 2. The van der Waals surface area contributed by atoms with Crippen LogP contribution in [0.2, 0.25) is 0 Å². The molecule has 0 unspecified atom stereocenters. The van der Waals surface area contributed by atoms with Gasteiger partial charge in [-0.3, -0.25) is 0 Å². The summed E-state index contributed by atoms with van der Waals surface area (Å²) in [4.78, 5) is 6.86. The molecule has 6 heteroatoms. The maximum Gasteiger partial charge on any atom is 0.199 e. The van der Waals surface area contributed by atoms with Crippen molar-refractivity contribution in [2.24, 2.45) is 4.99 Å². The van der Waals surface area contributed by atoms with Crippen LogP contribution in [-0.2, 0) is 19.5 Å². The Labute approximate surface area is 177 Å². The SMILES string of the molecule is Oc1cccc(NC(=NCc2cc(Br)ccc2F)N2CCc3ccccc3C2)c1. The minimum atomic E-state index is -0.280. The number of aromatic hydroxyl groups is 1. The van der Waals surface area contributed by atoms with Gasteiger partial charge in [0.05, 0.1) is 6.54 Å². The summed E-state index contributed by atoms with van der Waals surface area (Å²) in [6.45, 7) is 1.75. The quantitative estimate of drug-likeness (QED) is 0.416. The van der Waals surface area contributed by atoms with E-state index < -0.39 is 0 Å². The first-order chi connectivity index (χ1) is 14.1. The fourth-order valence-electron chi connectivity index (χ4n) is 3.43. The first-order valence-corrected chi connectivity index (χ1v) is 10.2. The molecular weight excluding hydrogens is 433 g/mol. The van der Waals surface area contributed by atoms with Gasteiger partial charge in [-0.2, -0.15) is 0 Å². The Balaban J connectivity index is 1.63. The Kier molecular flexibility index (Phi) is 5.81. The molecule has 0 aromatic heterocycles. The van der Waals surface area contributed by atoms with Gasteiger partial charge in [-0.05, 0) is 47.9 Å². The van der Waals surface area contributed by atoms with E-state index in [2.05, 4.69) is 44.3 Å². The second-order valence-electron chi connectivity index (χ2n) is 6.99. The number of phenols is 1. The number of nitrogens with one attached hydrogen (secondary N) is 1. The lowest BCUT2D eigenvalue weighted by atomic mass is 10.0. The van der Waals surface area contributed by atoms with Crippen LogP contribution in [-0.4, -0.2) is 22.5 Å². The van der Waals surface area contributed by atoms with Gasteiger partial charge in [0.1, 0.15) is 11.6 Å². The summed E-state index contributed by atoms with van der Waals surface area (Å²) in [7, 11) is 0. The molecule has 0 amide bonds. The number of hydrogen-bond donors (Lipinski definition) is 2. The van der Waals surface area contributed by atoms with Gasteiger partial charge in [0.15, 0.2) is 5.96 Å². The monoisotopic (exact) mass is 453 g/mol. The van der Waals surface area contributed by atoms with Crippen LogP contribution < -0.4 is 5.32 Å². The van der Waals surface area contributed by atoms with E-state index in [-0.39, 0.29) is 18.1 Å². The van der Waals surface area contributed by atoms with Crippen molar-refractivity contribution in [2.45, 2.75) is 19.5 Å². The summed E-state index contributed by atoms with van der Waals surface area (Å²) in [5, 5.41) is 13.1. The Morgan fingerprint density at radius 2 is 1.90 bits per heavy atom. The molecule has 4 nitrogen and oxygen atoms in total. The van der Waals surface area contributed by atoms with Crippen LogP contribution in [0.4, 0.5) is 10.1 Å². The summed E-state index contributed by atoms with van der Waals surface area (Å²) >= 11 is 3.39. The second kappa shape index (κ2) is 8.66. The van der Waals surface area contributed by atoms with Crippen molar-refractivity contribution in [3.8, 4) is 5.75 Å². The standard InChI is InChI=1S/C23H21BrFN3O/c24-19-8-9-22(25)18(12-19)14-26-23(27-20-6-3-7-21(29)13-20)28-11-10-16-4-1-2-5-17(16)15-28/h1-9,12-13,29H,10-11,14-15H2,(H,26,27). The highest BCUT2D eigenvalue weighted by Crippen LogP contribution is 2.22. The molecule has 148 valence electrons. The molecule has 3 aromatic rings. The Morgan fingerprint density at radius 3 is 2.72 bits per heavy atom. The van der Waals surface area contributed by atoms with Crippen molar-refractivity contribution in [3.05, 3.63) is 93.7 Å². The van der Waals surface area contributed by atoms with Crippen LogP contribution in [0.5, 0.6) is 5.75 Å². The summed E-state index contributed by atoms with van der Waals surface area (Å²) in [6, 6.07) is 20.2. The molecule has 0 atom stereocenters. The third kappa shape index (κ3) is 4.77. The Hall–Kier alpha value is -2.86. The summed E-state index contributed by atoms with van der Waals surface area (Å²) in [5.41, 5.74) is 3.86. The molecule has 0 fully saturated rings. The van der Waals surface area contributed by atoms with Crippen LogP contribution in [0.1, 0.15) is 16.7 Å². The van der Waals surface area contributed by atoms with Crippen LogP contribution in [0, 0.1) is 5.82 Å². The molecule has 3 aromatic carbocycles. The second-order valence-corrected chi connectivity index (χ2v) is 7.91. The molecule has 0 aliphatic carbocycles. The highest BCUT2D eigenvalue weighted by molar-refractivity contribution is 9.10. The molecular formula is C23H21BrFN3O. The van der Waals surface area contributed by atoms with E-state index in [9.17, 15) is 9.50 Å². The molecule has 0 saturated carbocycles. The van der Waals surface area contributed by atoms with Gasteiger partial charge in [-0.15, -0.1) is 0 Å². The van der Waals surface area contributed by atoms with E-state index in [0.29, 0.717) is 11.5 Å². The minimum Gasteiger partial charge on any atom is -0.508 e. The number of fused-ring (bicyclic) bond motifs is 1. The number of rotatable bonds is 3. The maximum atomic E-state index is 14.2. The van der Waals surface area contributed by atoms with Gasteiger partial charge in [-0.1, -0.05) is 46.3 Å². The van der Waals surface area contributed by atoms with Crippen LogP contribution >= 0.6 is 15.9 Å². The molecule has 0 saturated heterocycles. The summed E-state index contributed by atoms with van der Waals surface area (Å²) in [6.07, 6.45) is 0.919. The van der Waals surface area contributed by atoms with Crippen molar-refractivity contribution in [2.75, 3.05) is 11.9 Å². The highest BCUT2D eigenvalue weighted by Gasteiger charge is 2.19. The topological polar surface area (TPSA) is 47.9 Å². The first kappa shape index (κ1) is 19.5. The fraction of sp³-hybridized carbons (Fsp3) is 0.174. The lowest BCUT2D eigenvalue weighted by molar-refractivity contribution is 0.391. The van der Waals surface area contributed by atoms with E-state index in [1.165, 1.54) is 17.2 Å². The number of guanidine groups is 1. The van der Waals surface area contributed by atoms with Crippen molar-refractivity contribution in [1.82, 2.24) is 4.90 Å². The van der Waals surface area contributed by atoms with Crippen LogP contribution in [0.25, 0.3) is 0 Å². The fourth-order valence-corrected chi connectivity index (χ4v) is 3.84. The molecule has 4 rings (SSSR count). The molecule has 1 heterocycles. The van der Waals surface area contributed by atoms with Gasteiger partial charge in [-0.25, -0.2) is 9.38 Å². The van der Waals surface area contributed by atoms with Gasteiger partial charge in [0.2, 0.25) is 0 Å². The summed E-state index contributed by atoms with van der Waals surface area (Å²) in [5.74, 6) is 0.554. The largest absolute Gasteiger partial charge is 0.508 e. The number of aliphatic imine (C=N–C) groups is 1. The maximum absolute atomic E-state index is 14.2. The Morgan fingerprint density at radius 1 is 1.07 bits per heavy atom. The lowest BCUT2D eigenvalue weighted by Gasteiger charge is -2.32. The Bertz CT molecular complexity index is 1050. The molecule has 2 N–H and O–H groups in total. The van der Waals surface area contributed by atoms with Crippen molar-refractivity contribution in [3.63, 3.8) is 0 Å². The van der Waals surface area contributed by atoms with Gasteiger partial charge < -0.3 is 15.3 Å². The predicted octanol–water partition coefficient (Wildman–Crippen LogP) is 5.32. The molecule has 0 spiro atoms. The average molecular weight is 454 g/mol. The zero-order valence-corrected chi connectivity index (χ0v) is 17.4. The van der Waals surface area contributed by atoms with E-state index in [1.54, 1.807) is 30.3 Å². The molecule has 0 radical (unpaired) electrons. The van der Waals surface area contributed by atoms with Gasteiger partial charge >= 0.3 is 0 Å². The number of nitrogens with zero attached hydrogens (tertiary/aromatic N) is 2. The summed E-state index contributed by atoms with van der Waals surface area (Å²) < 4.78 is 15.0. The first-order valence-electron chi connectivity index (χ1n) is 9.44. The third-order valence-electron chi connectivity index (χ3n) is 4.94.